The van der Waals surface area contributed by atoms with Crippen LogP contribution < -0.4 is 5.56 Å². The van der Waals surface area contributed by atoms with E-state index in [0.29, 0.717) is 23.2 Å². The predicted molar refractivity (Wildman–Crippen MR) is 97.0 cm³/mol. The number of benzene rings is 2. The maximum absolute atomic E-state index is 12.7. The Morgan fingerprint density at radius 1 is 1.21 bits per heavy atom. The molecule has 3 aromatic rings. The third-order valence-electron chi connectivity index (χ3n) is 3.70. The molecule has 24 heavy (non-hydrogen) atoms. The molecule has 1 aromatic heterocycles. The fourth-order valence-corrected chi connectivity index (χ4v) is 3.53. The van der Waals surface area contributed by atoms with Gasteiger partial charge in [-0.15, -0.1) is 0 Å². The molecular formula is C19H17N3OS. The van der Waals surface area contributed by atoms with Crippen LogP contribution in [-0.2, 0) is 12.3 Å². The van der Waals surface area contributed by atoms with E-state index in [-0.39, 0.29) is 5.56 Å². The third kappa shape index (κ3) is 3.34. The predicted octanol–water partition coefficient (Wildman–Crippen LogP) is 3.97. The molecular weight excluding hydrogens is 318 g/mol. The molecule has 0 aliphatic carbocycles. The largest absolute Gasteiger partial charge is 0.287 e. The summed E-state index contributed by atoms with van der Waals surface area (Å²) >= 11 is 1.53. The fraction of sp³-hybridized carbons (Fsp3) is 0.211. The maximum Gasteiger partial charge on any atom is 0.262 e. The quantitative estimate of drug-likeness (QED) is 0.523. The van der Waals surface area contributed by atoms with E-state index in [1.54, 1.807) is 10.6 Å². The molecule has 0 unspecified atom stereocenters. The first-order valence-electron chi connectivity index (χ1n) is 7.84. The Morgan fingerprint density at radius 3 is 2.83 bits per heavy atom. The summed E-state index contributed by atoms with van der Waals surface area (Å²) in [5.41, 5.74) is 2.42. The number of hydrogen-bond acceptors (Lipinski definition) is 4. The van der Waals surface area contributed by atoms with Crippen LogP contribution in [0.25, 0.3) is 10.9 Å². The van der Waals surface area contributed by atoms with Gasteiger partial charge in [-0.3, -0.25) is 9.36 Å². The second-order valence-electron chi connectivity index (χ2n) is 5.47. The molecule has 4 nitrogen and oxygen atoms in total. The summed E-state index contributed by atoms with van der Waals surface area (Å²) in [6, 6.07) is 17.1. The first kappa shape index (κ1) is 16.3. The number of thioether (sulfide) groups is 1. The highest BCUT2D eigenvalue weighted by Crippen LogP contribution is 2.22. The molecule has 2 aromatic carbocycles. The van der Waals surface area contributed by atoms with Crippen molar-refractivity contribution in [1.29, 1.82) is 5.26 Å². The van der Waals surface area contributed by atoms with Gasteiger partial charge in [-0.05, 0) is 36.2 Å². The number of nitrogens with zero attached hydrogens (tertiary/aromatic N) is 3. The van der Waals surface area contributed by atoms with Crippen molar-refractivity contribution in [3.63, 3.8) is 0 Å². The first-order valence-corrected chi connectivity index (χ1v) is 8.83. The van der Waals surface area contributed by atoms with Crippen LogP contribution in [0.1, 0.15) is 24.5 Å². The number of hydrogen-bond donors (Lipinski definition) is 0. The van der Waals surface area contributed by atoms with E-state index in [1.165, 1.54) is 11.8 Å². The highest BCUT2D eigenvalue weighted by Gasteiger charge is 2.11. The average Bonchev–Trinajstić information content (AvgIpc) is 2.63. The van der Waals surface area contributed by atoms with Gasteiger partial charge in [0.2, 0.25) is 0 Å². The second kappa shape index (κ2) is 7.33. The first-order chi connectivity index (χ1) is 11.7. The van der Waals surface area contributed by atoms with Crippen LogP contribution in [0.4, 0.5) is 0 Å². The van der Waals surface area contributed by atoms with Crippen LogP contribution in [0.15, 0.2) is 58.5 Å². The van der Waals surface area contributed by atoms with Crippen LogP contribution in [-0.4, -0.2) is 9.55 Å². The maximum atomic E-state index is 12.7. The minimum absolute atomic E-state index is 0.00993. The lowest BCUT2D eigenvalue weighted by molar-refractivity contribution is 0.585. The summed E-state index contributed by atoms with van der Waals surface area (Å²) in [5.74, 6) is 0.671. The summed E-state index contributed by atoms with van der Waals surface area (Å²) in [7, 11) is 0. The molecule has 0 spiro atoms. The minimum atomic E-state index is 0.00993. The Balaban J connectivity index is 1.97. The Morgan fingerprint density at radius 2 is 2.04 bits per heavy atom. The normalized spacial score (nSPS) is 10.7. The fourth-order valence-electron chi connectivity index (χ4n) is 2.56. The van der Waals surface area contributed by atoms with E-state index in [1.807, 2.05) is 49.4 Å². The van der Waals surface area contributed by atoms with Gasteiger partial charge < -0.3 is 0 Å². The molecule has 0 saturated heterocycles. The standard InChI is InChI=1S/C19H17N3OS/c1-2-10-22-18(23)16-8-3-4-9-17(16)21-19(22)24-13-15-7-5-6-14(11-15)12-20/h3-9,11H,2,10,13H2,1H3. The molecule has 0 fully saturated rings. The third-order valence-corrected chi connectivity index (χ3v) is 4.75. The molecule has 120 valence electrons. The van der Waals surface area contributed by atoms with Gasteiger partial charge in [-0.1, -0.05) is 43.0 Å². The van der Waals surface area contributed by atoms with Crippen molar-refractivity contribution in [3.05, 3.63) is 70.0 Å². The summed E-state index contributed by atoms with van der Waals surface area (Å²) in [5, 5.41) is 10.4. The van der Waals surface area contributed by atoms with Gasteiger partial charge in [0, 0.05) is 12.3 Å². The molecule has 0 bridgehead atoms. The Kier molecular flexibility index (Phi) is 4.97. The van der Waals surface area contributed by atoms with Crippen LogP contribution in [0.2, 0.25) is 0 Å². The summed E-state index contributed by atoms with van der Waals surface area (Å²) in [4.78, 5) is 17.4. The number of nitriles is 1. The van der Waals surface area contributed by atoms with Crippen molar-refractivity contribution >= 4 is 22.7 Å². The van der Waals surface area contributed by atoms with Crippen molar-refractivity contribution in [2.45, 2.75) is 30.8 Å². The van der Waals surface area contributed by atoms with E-state index in [9.17, 15) is 4.79 Å². The van der Waals surface area contributed by atoms with E-state index in [0.717, 1.165) is 22.7 Å². The molecule has 0 aliphatic rings. The van der Waals surface area contributed by atoms with Gasteiger partial charge in [-0.2, -0.15) is 5.26 Å². The molecule has 3 rings (SSSR count). The molecule has 0 amide bonds. The van der Waals surface area contributed by atoms with Crippen molar-refractivity contribution in [2.24, 2.45) is 0 Å². The van der Waals surface area contributed by atoms with Crippen molar-refractivity contribution in [1.82, 2.24) is 9.55 Å². The topological polar surface area (TPSA) is 58.7 Å². The second-order valence-corrected chi connectivity index (χ2v) is 6.41. The molecule has 5 heteroatoms. The van der Waals surface area contributed by atoms with Gasteiger partial charge in [-0.25, -0.2) is 4.98 Å². The van der Waals surface area contributed by atoms with E-state index in [4.69, 9.17) is 5.26 Å². The molecule has 0 N–H and O–H groups in total. The molecule has 0 saturated carbocycles. The highest BCUT2D eigenvalue weighted by molar-refractivity contribution is 7.98. The van der Waals surface area contributed by atoms with Gasteiger partial charge in [0.15, 0.2) is 5.16 Å². The SMILES string of the molecule is CCCn1c(SCc2cccc(C#N)c2)nc2ccccc2c1=O. The lowest BCUT2D eigenvalue weighted by Crippen LogP contribution is -2.23. The van der Waals surface area contributed by atoms with Gasteiger partial charge in [0.25, 0.3) is 5.56 Å². The monoisotopic (exact) mass is 335 g/mol. The molecule has 0 aliphatic heterocycles. The van der Waals surface area contributed by atoms with Crippen molar-refractivity contribution < 1.29 is 0 Å². The van der Waals surface area contributed by atoms with Crippen molar-refractivity contribution in [2.75, 3.05) is 0 Å². The number of para-hydroxylation sites is 1. The van der Waals surface area contributed by atoms with Gasteiger partial charge in [0.05, 0.1) is 22.5 Å². The van der Waals surface area contributed by atoms with E-state index >= 15 is 0 Å². The Bertz CT molecular complexity index is 972. The van der Waals surface area contributed by atoms with Crippen LogP contribution in [0.5, 0.6) is 0 Å². The van der Waals surface area contributed by atoms with Crippen molar-refractivity contribution in [3.8, 4) is 6.07 Å². The number of aromatic nitrogens is 2. The zero-order valence-electron chi connectivity index (χ0n) is 13.4. The van der Waals surface area contributed by atoms with Gasteiger partial charge in [0.1, 0.15) is 0 Å². The van der Waals surface area contributed by atoms with Crippen LogP contribution >= 0.6 is 11.8 Å². The molecule has 0 radical (unpaired) electrons. The Labute approximate surface area is 144 Å². The van der Waals surface area contributed by atoms with E-state index < -0.39 is 0 Å². The zero-order valence-corrected chi connectivity index (χ0v) is 14.2. The minimum Gasteiger partial charge on any atom is -0.287 e. The zero-order chi connectivity index (χ0) is 16.9. The van der Waals surface area contributed by atoms with E-state index in [2.05, 4.69) is 11.1 Å². The average molecular weight is 335 g/mol. The number of fused-ring (bicyclic) bond motifs is 1. The smallest absolute Gasteiger partial charge is 0.262 e. The van der Waals surface area contributed by atoms with Crippen LogP contribution in [0.3, 0.4) is 0 Å². The number of rotatable bonds is 5. The summed E-state index contributed by atoms with van der Waals surface area (Å²) in [6.45, 7) is 2.70. The highest BCUT2D eigenvalue weighted by atomic mass is 32.2. The summed E-state index contributed by atoms with van der Waals surface area (Å²) < 4.78 is 1.75. The van der Waals surface area contributed by atoms with Gasteiger partial charge >= 0.3 is 0 Å². The summed E-state index contributed by atoms with van der Waals surface area (Å²) in [6.07, 6.45) is 0.872. The Hall–Kier alpha value is -2.58. The molecule has 0 atom stereocenters. The lowest BCUT2D eigenvalue weighted by atomic mass is 10.2. The lowest BCUT2D eigenvalue weighted by Gasteiger charge is -2.12. The molecule has 1 heterocycles. The van der Waals surface area contributed by atoms with Crippen LogP contribution in [0, 0.1) is 11.3 Å².